The Morgan fingerprint density at radius 1 is 1.34 bits per heavy atom. The molecule has 0 saturated heterocycles. The molecule has 29 heavy (non-hydrogen) atoms. The molecule has 1 unspecified atom stereocenters. The summed E-state index contributed by atoms with van der Waals surface area (Å²) in [6, 6.07) is 3.28. The zero-order valence-electron chi connectivity index (χ0n) is 15.9. The molecule has 0 aromatic carbocycles. The highest BCUT2D eigenvalue weighted by atomic mass is 19.1. The van der Waals surface area contributed by atoms with Crippen molar-refractivity contribution < 1.29 is 13.5 Å². The Bertz CT molecular complexity index is 1110. The van der Waals surface area contributed by atoms with E-state index in [0.29, 0.717) is 28.3 Å². The van der Waals surface area contributed by atoms with E-state index in [1.54, 1.807) is 10.7 Å². The van der Waals surface area contributed by atoms with Gasteiger partial charge in [-0.25, -0.2) is 23.3 Å². The second kappa shape index (κ2) is 6.40. The lowest BCUT2D eigenvalue weighted by Gasteiger charge is -2.31. The van der Waals surface area contributed by atoms with Crippen molar-refractivity contribution in [3.05, 3.63) is 54.2 Å². The molecular weight excluding hydrogens is 378 g/mol. The van der Waals surface area contributed by atoms with Crippen LogP contribution in [0.25, 0.3) is 11.3 Å². The molecule has 1 aliphatic carbocycles. The predicted octanol–water partition coefficient (Wildman–Crippen LogP) is 2.68. The van der Waals surface area contributed by atoms with Gasteiger partial charge in [-0.05, 0) is 25.0 Å². The normalized spacial score (nSPS) is 20.9. The predicted molar refractivity (Wildman–Crippen MR) is 104 cm³/mol. The first-order valence-electron chi connectivity index (χ1n) is 9.42. The summed E-state index contributed by atoms with van der Waals surface area (Å²) in [5.41, 5.74) is 1.96. The van der Waals surface area contributed by atoms with Crippen molar-refractivity contribution in [2.45, 2.75) is 24.6 Å². The lowest BCUT2D eigenvalue weighted by molar-refractivity contribution is 0.188. The largest absolute Gasteiger partial charge is 0.474 e. The van der Waals surface area contributed by atoms with Crippen molar-refractivity contribution in [2.24, 2.45) is 0 Å². The quantitative estimate of drug-likeness (QED) is 0.628. The summed E-state index contributed by atoms with van der Waals surface area (Å²) in [7, 11) is 1.91. The summed E-state index contributed by atoms with van der Waals surface area (Å²) in [4.78, 5) is 10.9. The van der Waals surface area contributed by atoms with Crippen LogP contribution in [0.3, 0.4) is 0 Å². The van der Waals surface area contributed by atoms with E-state index in [1.165, 1.54) is 6.07 Å². The minimum absolute atomic E-state index is 0.0113. The lowest BCUT2D eigenvalue weighted by atomic mass is 10.0. The second-order valence-electron chi connectivity index (χ2n) is 7.48. The number of hydrogen-bond acceptors (Lipinski definition) is 6. The highest BCUT2D eigenvalue weighted by Crippen LogP contribution is 2.54. The van der Waals surface area contributed by atoms with E-state index >= 15 is 0 Å². The van der Waals surface area contributed by atoms with Gasteiger partial charge in [-0.2, -0.15) is 5.10 Å². The topological polar surface area (TPSA) is 67.6 Å². The summed E-state index contributed by atoms with van der Waals surface area (Å²) in [6.07, 6.45) is 4.83. The number of ether oxygens (including phenoxy) is 1. The van der Waals surface area contributed by atoms with E-state index in [4.69, 9.17) is 9.72 Å². The average molecular weight is 398 g/mol. The number of fused-ring (bicyclic) bond motifs is 3. The van der Waals surface area contributed by atoms with Gasteiger partial charge in [0.1, 0.15) is 18.2 Å². The zero-order valence-corrected chi connectivity index (χ0v) is 15.9. The van der Waals surface area contributed by atoms with Crippen LogP contribution in [0.5, 0.6) is 5.88 Å². The third kappa shape index (κ3) is 2.88. The standard InChI is InChI=1S/C20H20F2N6O/c1-12-15-10-25-28-6-3-17(26-18(15)28)27(2)20(4-5-20)16-7-13(21)8-24-19(16)29-11-14(22)9-23-12/h3,6-8,10,14,23H,1,4-5,9,11H2,2H3. The Labute approximate surface area is 166 Å². The molecule has 3 aromatic heterocycles. The first kappa shape index (κ1) is 17.8. The zero-order chi connectivity index (χ0) is 20.2. The number of rotatable bonds is 0. The molecule has 1 N–H and O–H groups in total. The molecule has 4 heterocycles. The van der Waals surface area contributed by atoms with Gasteiger partial charge in [0.25, 0.3) is 0 Å². The van der Waals surface area contributed by atoms with Gasteiger partial charge in [-0.15, -0.1) is 0 Å². The average Bonchev–Trinajstić information content (AvgIpc) is 3.42. The van der Waals surface area contributed by atoms with Crippen LogP contribution in [0.1, 0.15) is 24.0 Å². The molecule has 2 bridgehead atoms. The maximum absolute atomic E-state index is 14.4. The molecule has 0 amide bonds. The Morgan fingerprint density at radius 2 is 2.17 bits per heavy atom. The van der Waals surface area contributed by atoms with Gasteiger partial charge in [0, 0.05) is 31.0 Å². The minimum Gasteiger partial charge on any atom is -0.474 e. The molecule has 1 spiro atoms. The van der Waals surface area contributed by atoms with Gasteiger partial charge in [0.15, 0.2) is 11.8 Å². The fourth-order valence-corrected chi connectivity index (χ4v) is 3.81. The summed E-state index contributed by atoms with van der Waals surface area (Å²) in [6.45, 7) is 3.81. The molecule has 5 rings (SSSR count). The van der Waals surface area contributed by atoms with Crippen LogP contribution in [0.15, 0.2) is 37.3 Å². The summed E-state index contributed by atoms with van der Waals surface area (Å²) in [5, 5.41) is 7.28. The fraction of sp³-hybridized carbons (Fsp3) is 0.350. The first-order valence-corrected chi connectivity index (χ1v) is 9.42. The molecular formula is C20H20F2N6O. The molecule has 7 nitrogen and oxygen atoms in total. The Hall–Kier alpha value is -3.23. The molecule has 150 valence electrons. The van der Waals surface area contributed by atoms with Crippen LogP contribution in [0.4, 0.5) is 14.6 Å². The molecule has 3 aromatic rings. The fourth-order valence-electron chi connectivity index (χ4n) is 3.81. The van der Waals surface area contributed by atoms with Crippen LogP contribution in [0, 0.1) is 5.82 Å². The lowest BCUT2D eigenvalue weighted by Crippen LogP contribution is -2.34. The number of anilines is 1. The van der Waals surface area contributed by atoms with Gasteiger partial charge in [0.05, 0.1) is 23.5 Å². The Balaban J connectivity index is 1.67. The number of aromatic nitrogens is 4. The molecule has 1 aliphatic heterocycles. The van der Waals surface area contributed by atoms with E-state index < -0.39 is 17.5 Å². The van der Waals surface area contributed by atoms with Crippen LogP contribution >= 0.6 is 0 Å². The highest BCUT2D eigenvalue weighted by Gasteiger charge is 2.51. The van der Waals surface area contributed by atoms with E-state index in [-0.39, 0.29) is 19.0 Å². The first-order chi connectivity index (χ1) is 14.0. The molecule has 2 aliphatic rings. The minimum atomic E-state index is -1.30. The Morgan fingerprint density at radius 3 is 2.97 bits per heavy atom. The van der Waals surface area contributed by atoms with Crippen molar-refractivity contribution in [1.29, 1.82) is 0 Å². The van der Waals surface area contributed by atoms with Gasteiger partial charge in [-0.1, -0.05) is 6.58 Å². The summed E-state index contributed by atoms with van der Waals surface area (Å²) >= 11 is 0. The second-order valence-corrected chi connectivity index (χ2v) is 7.48. The molecule has 1 saturated carbocycles. The van der Waals surface area contributed by atoms with Crippen LogP contribution in [-0.4, -0.2) is 46.0 Å². The van der Waals surface area contributed by atoms with Crippen LogP contribution < -0.4 is 15.0 Å². The third-order valence-corrected chi connectivity index (χ3v) is 5.65. The maximum Gasteiger partial charge on any atom is 0.219 e. The SMILES string of the molecule is C=C1NCC(F)COc2ncc(F)cc2C2(CC2)N(C)c2ccn3ncc1c3n2. The monoisotopic (exact) mass is 398 g/mol. The number of halogens is 2. The summed E-state index contributed by atoms with van der Waals surface area (Å²) < 4.78 is 35.8. The number of nitrogens with one attached hydrogen (secondary N) is 1. The summed E-state index contributed by atoms with van der Waals surface area (Å²) in [5.74, 6) is 0.505. The molecule has 0 radical (unpaired) electrons. The molecule has 1 atom stereocenters. The van der Waals surface area contributed by atoms with Gasteiger partial charge in [-0.3, -0.25) is 0 Å². The van der Waals surface area contributed by atoms with E-state index in [1.807, 2.05) is 24.2 Å². The number of pyridine rings is 1. The number of hydrogen-bond donors (Lipinski definition) is 1. The van der Waals surface area contributed by atoms with Gasteiger partial charge >= 0.3 is 0 Å². The highest BCUT2D eigenvalue weighted by molar-refractivity contribution is 5.74. The van der Waals surface area contributed by atoms with E-state index in [0.717, 1.165) is 19.0 Å². The van der Waals surface area contributed by atoms with Gasteiger partial charge in [0.2, 0.25) is 5.88 Å². The van der Waals surface area contributed by atoms with Crippen molar-refractivity contribution in [3.63, 3.8) is 0 Å². The van der Waals surface area contributed by atoms with Crippen molar-refractivity contribution in [2.75, 3.05) is 25.1 Å². The Kier molecular flexibility index (Phi) is 3.94. The smallest absolute Gasteiger partial charge is 0.219 e. The molecule has 9 heteroatoms. The van der Waals surface area contributed by atoms with Crippen molar-refractivity contribution >= 4 is 17.2 Å². The van der Waals surface area contributed by atoms with Crippen LogP contribution in [-0.2, 0) is 5.54 Å². The molecule has 1 fully saturated rings. The maximum atomic E-state index is 14.4. The number of nitrogens with zero attached hydrogens (tertiary/aromatic N) is 5. The van der Waals surface area contributed by atoms with Crippen molar-refractivity contribution in [3.8, 4) is 5.88 Å². The van der Waals surface area contributed by atoms with Crippen LogP contribution in [0.2, 0.25) is 0 Å². The third-order valence-electron chi connectivity index (χ3n) is 5.65. The van der Waals surface area contributed by atoms with Crippen molar-refractivity contribution in [1.82, 2.24) is 24.9 Å². The van der Waals surface area contributed by atoms with E-state index in [9.17, 15) is 8.78 Å². The van der Waals surface area contributed by atoms with E-state index in [2.05, 4.69) is 22.0 Å². The van der Waals surface area contributed by atoms with Gasteiger partial charge < -0.3 is 15.0 Å². The number of alkyl halides is 1.